The maximum atomic E-state index is 13.6. The van der Waals surface area contributed by atoms with Crippen molar-refractivity contribution in [3.8, 4) is 5.75 Å². The lowest BCUT2D eigenvalue weighted by Gasteiger charge is -2.11. The number of esters is 1. The van der Waals surface area contributed by atoms with Crippen LogP contribution < -0.4 is 10.1 Å². The summed E-state index contributed by atoms with van der Waals surface area (Å²) in [6, 6.07) is 8.18. The number of hydrogen-bond donors (Lipinski definition) is 1. The molecule has 7 heteroatoms. The second-order valence-corrected chi connectivity index (χ2v) is 4.92. The van der Waals surface area contributed by atoms with Crippen LogP contribution in [0.3, 0.4) is 0 Å². The molecule has 0 aliphatic rings. The minimum Gasteiger partial charge on any atom is -0.496 e. The van der Waals surface area contributed by atoms with Gasteiger partial charge in [-0.25, -0.2) is 9.18 Å². The zero-order valence-corrected chi connectivity index (χ0v) is 13.1. The zero-order valence-electron chi connectivity index (χ0n) is 12.4. The number of ether oxygens (including phenoxy) is 2. The fraction of sp³-hybridized carbons (Fsp3) is 0.125. The van der Waals surface area contributed by atoms with E-state index in [0.29, 0.717) is 10.8 Å². The van der Waals surface area contributed by atoms with Crippen LogP contribution in [0.5, 0.6) is 5.75 Å². The Bertz CT molecular complexity index is 764. The smallest absolute Gasteiger partial charge is 0.340 e. The summed E-state index contributed by atoms with van der Waals surface area (Å²) in [6.45, 7) is 0. The number of rotatable bonds is 4. The molecule has 2 rings (SSSR count). The second kappa shape index (κ2) is 7.11. The molecule has 0 heterocycles. The van der Waals surface area contributed by atoms with Gasteiger partial charge in [-0.05, 0) is 36.4 Å². The SMILES string of the molecule is COC(=O)c1cc(NC(=O)c2cc(Cl)ccc2OC)ccc1F. The predicted octanol–water partition coefficient (Wildman–Crippen LogP) is 3.53. The van der Waals surface area contributed by atoms with Crippen molar-refractivity contribution in [2.45, 2.75) is 0 Å². The summed E-state index contributed by atoms with van der Waals surface area (Å²) in [5, 5.41) is 2.92. The maximum absolute atomic E-state index is 13.6. The number of methoxy groups -OCH3 is 2. The van der Waals surface area contributed by atoms with Crippen molar-refractivity contribution in [3.05, 3.63) is 58.4 Å². The van der Waals surface area contributed by atoms with Crippen LogP contribution in [0.15, 0.2) is 36.4 Å². The Labute approximate surface area is 137 Å². The molecule has 0 unspecified atom stereocenters. The van der Waals surface area contributed by atoms with Crippen molar-refractivity contribution in [2.75, 3.05) is 19.5 Å². The highest BCUT2D eigenvalue weighted by molar-refractivity contribution is 6.31. The van der Waals surface area contributed by atoms with Gasteiger partial charge in [-0.2, -0.15) is 0 Å². The molecule has 0 bridgehead atoms. The Morgan fingerprint density at radius 1 is 1.09 bits per heavy atom. The van der Waals surface area contributed by atoms with Crippen molar-refractivity contribution in [2.24, 2.45) is 0 Å². The van der Waals surface area contributed by atoms with Crippen LogP contribution in [0.1, 0.15) is 20.7 Å². The summed E-state index contributed by atoms with van der Waals surface area (Å²) in [4.78, 5) is 23.8. The quantitative estimate of drug-likeness (QED) is 0.867. The summed E-state index contributed by atoms with van der Waals surface area (Å²) in [7, 11) is 2.57. The van der Waals surface area contributed by atoms with Gasteiger partial charge >= 0.3 is 5.97 Å². The van der Waals surface area contributed by atoms with Gasteiger partial charge in [-0.3, -0.25) is 4.79 Å². The number of benzene rings is 2. The van der Waals surface area contributed by atoms with Gasteiger partial charge in [0, 0.05) is 10.7 Å². The minimum atomic E-state index is -0.834. The number of nitrogens with one attached hydrogen (secondary N) is 1. The summed E-state index contributed by atoms with van der Waals surface area (Å²) in [5.74, 6) is -1.75. The summed E-state index contributed by atoms with van der Waals surface area (Å²) in [5.41, 5.74) is 0.172. The molecule has 2 aromatic carbocycles. The molecule has 0 saturated carbocycles. The molecule has 0 atom stereocenters. The lowest BCUT2D eigenvalue weighted by molar-refractivity contribution is 0.0595. The number of halogens is 2. The average Bonchev–Trinajstić information content (AvgIpc) is 2.55. The average molecular weight is 338 g/mol. The first-order valence-corrected chi connectivity index (χ1v) is 6.86. The van der Waals surface area contributed by atoms with E-state index in [9.17, 15) is 14.0 Å². The van der Waals surface area contributed by atoms with Gasteiger partial charge in [0.1, 0.15) is 11.6 Å². The van der Waals surface area contributed by atoms with Crippen LogP contribution in [0.4, 0.5) is 10.1 Å². The normalized spacial score (nSPS) is 10.1. The van der Waals surface area contributed by atoms with Gasteiger partial charge in [-0.1, -0.05) is 11.6 Å². The number of hydrogen-bond acceptors (Lipinski definition) is 4. The van der Waals surface area contributed by atoms with Crippen LogP contribution in [-0.4, -0.2) is 26.1 Å². The van der Waals surface area contributed by atoms with E-state index in [1.165, 1.54) is 25.3 Å². The van der Waals surface area contributed by atoms with Crippen molar-refractivity contribution >= 4 is 29.2 Å². The van der Waals surface area contributed by atoms with Gasteiger partial charge in [0.2, 0.25) is 0 Å². The van der Waals surface area contributed by atoms with E-state index in [1.54, 1.807) is 12.1 Å². The molecule has 0 radical (unpaired) electrons. The second-order valence-electron chi connectivity index (χ2n) is 4.48. The highest BCUT2D eigenvalue weighted by Crippen LogP contribution is 2.24. The van der Waals surface area contributed by atoms with E-state index in [0.717, 1.165) is 13.2 Å². The largest absolute Gasteiger partial charge is 0.496 e. The molecule has 5 nitrogen and oxygen atoms in total. The van der Waals surface area contributed by atoms with E-state index in [-0.39, 0.29) is 16.8 Å². The fourth-order valence-corrected chi connectivity index (χ4v) is 2.10. The highest BCUT2D eigenvalue weighted by atomic mass is 35.5. The molecule has 1 amide bonds. The number of carbonyl (C=O) groups excluding carboxylic acids is 2. The molecule has 0 aromatic heterocycles. The van der Waals surface area contributed by atoms with Crippen LogP contribution in [0.2, 0.25) is 5.02 Å². The standard InChI is InChI=1S/C16H13ClFNO4/c1-22-14-6-3-9(17)7-12(14)15(20)19-10-4-5-13(18)11(8-10)16(21)23-2/h3-8H,1-2H3,(H,19,20). The molecule has 0 saturated heterocycles. The molecule has 0 fully saturated rings. The molecule has 0 aliphatic carbocycles. The van der Waals surface area contributed by atoms with Crippen LogP contribution in [-0.2, 0) is 4.74 Å². The Kier molecular flexibility index (Phi) is 5.18. The highest BCUT2D eigenvalue weighted by Gasteiger charge is 2.16. The van der Waals surface area contributed by atoms with Crippen LogP contribution in [0, 0.1) is 5.82 Å². The lowest BCUT2D eigenvalue weighted by Crippen LogP contribution is -2.14. The monoisotopic (exact) mass is 337 g/mol. The van der Waals surface area contributed by atoms with E-state index in [1.807, 2.05) is 0 Å². The van der Waals surface area contributed by atoms with Crippen molar-refractivity contribution in [3.63, 3.8) is 0 Å². The third-order valence-corrected chi connectivity index (χ3v) is 3.27. The van der Waals surface area contributed by atoms with Crippen molar-refractivity contribution in [1.82, 2.24) is 0 Å². The van der Waals surface area contributed by atoms with Gasteiger partial charge in [-0.15, -0.1) is 0 Å². The number of anilines is 1. The van der Waals surface area contributed by atoms with E-state index >= 15 is 0 Å². The Balaban J connectivity index is 2.31. The predicted molar refractivity (Wildman–Crippen MR) is 83.7 cm³/mol. The summed E-state index contributed by atoms with van der Waals surface area (Å²) in [6.07, 6.45) is 0. The first-order valence-electron chi connectivity index (χ1n) is 6.49. The molecular formula is C16H13ClFNO4. The number of amides is 1. The number of carbonyl (C=O) groups is 2. The van der Waals surface area contributed by atoms with Gasteiger partial charge in [0.15, 0.2) is 0 Å². The lowest BCUT2D eigenvalue weighted by atomic mass is 10.1. The van der Waals surface area contributed by atoms with E-state index < -0.39 is 17.7 Å². The fourth-order valence-electron chi connectivity index (χ4n) is 1.93. The topological polar surface area (TPSA) is 64.6 Å². The molecular weight excluding hydrogens is 325 g/mol. The minimum absolute atomic E-state index is 0.212. The summed E-state index contributed by atoms with van der Waals surface area (Å²) >= 11 is 5.88. The van der Waals surface area contributed by atoms with Gasteiger partial charge < -0.3 is 14.8 Å². The summed E-state index contributed by atoms with van der Waals surface area (Å²) < 4.78 is 23.2. The Morgan fingerprint density at radius 3 is 2.48 bits per heavy atom. The van der Waals surface area contributed by atoms with Crippen LogP contribution >= 0.6 is 11.6 Å². The Morgan fingerprint density at radius 2 is 1.83 bits per heavy atom. The molecule has 2 aromatic rings. The molecule has 0 spiro atoms. The maximum Gasteiger partial charge on any atom is 0.340 e. The van der Waals surface area contributed by atoms with Crippen molar-refractivity contribution in [1.29, 1.82) is 0 Å². The first kappa shape index (κ1) is 16.8. The molecule has 23 heavy (non-hydrogen) atoms. The van der Waals surface area contributed by atoms with Gasteiger partial charge in [0.25, 0.3) is 5.91 Å². The first-order chi connectivity index (χ1) is 11.0. The molecule has 1 N–H and O–H groups in total. The third-order valence-electron chi connectivity index (χ3n) is 3.04. The third kappa shape index (κ3) is 3.78. The van der Waals surface area contributed by atoms with Crippen LogP contribution in [0.25, 0.3) is 0 Å². The molecule has 120 valence electrons. The Hall–Kier alpha value is -2.60. The molecule has 0 aliphatic heterocycles. The van der Waals surface area contributed by atoms with Crippen molar-refractivity contribution < 1.29 is 23.5 Å². The van der Waals surface area contributed by atoms with E-state index in [2.05, 4.69) is 10.1 Å². The van der Waals surface area contributed by atoms with Gasteiger partial charge in [0.05, 0.1) is 25.3 Å². The van der Waals surface area contributed by atoms with E-state index in [4.69, 9.17) is 16.3 Å². The zero-order chi connectivity index (χ0) is 17.0.